The summed E-state index contributed by atoms with van der Waals surface area (Å²) in [5, 5.41) is 5.84. The van der Waals surface area contributed by atoms with Crippen molar-refractivity contribution < 1.29 is 14.3 Å². The van der Waals surface area contributed by atoms with Crippen LogP contribution >= 0.6 is 23.2 Å². The van der Waals surface area contributed by atoms with Gasteiger partial charge in [-0.05, 0) is 31.2 Å². The van der Waals surface area contributed by atoms with Crippen LogP contribution in [-0.4, -0.2) is 25.0 Å². The maximum atomic E-state index is 11.8. The van der Waals surface area contributed by atoms with Crippen LogP contribution in [0.5, 0.6) is 0 Å². The smallest absolute Gasteiger partial charge is 0.250 e. The minimum atomic E-state index is -0.428. The fourth-order valence-electron chi connectivity index (χ4n) is 1.86. The van der Waals surface area contributed by atoms with E-state index in [4.69, 9.17) is 27.9 Å². The fraction of sp³-hybridized carbons (Fsp3) is 0.176. The van der Waals surface area contributed by atoms with Gasteiger partial charge in [0.2, 0.25) is 11.8 Å². The van der Waals surface area contributed by atoms with Gasteiger partial charge in [-0.1, -0.05) is 47.0 Å². The third-order valence-corrected chi connectivity index (χ3v) is 3.85. The molecule has 5 nitrogen and oxygen atoms in total. The molecule has 0 saturated carbocycles. The molecule has 0 unspecified atom stereocenters. The molecule has 2 rings (SSSR count). The van der Waals surface area contributed by atoms with Gasteiger partial charge < -0.3 is 15.4 Å². The zero-order valence-electron chi connectivity index (χ0n) is 12.9. The van der Waals surface area contributed by atoms with Crippen molar-refractivity contribution >= 4 is 46.4 Å². The number of amides is 2. The highest BCUT2D eigenvalue weighted by atomic mass is 35.5. The Bertz CT molecular complexity index is 733. The molecule has 0 spiro atoms. The average molecular weight is 367 g/mol. The number of rotatable bonds is 6. The van der Waals surface area contributed by atoms with Crippen LogP contribution in [0.4, 0.5) is 11.4 Å². The molecule has 2 amide bonds. The molecule has 2 N–H and O–H groups in total. The van der Waals surface area contributed by atoms with Gasteiger partial charge in [0.25, 0.3) is 0 Å². The molecule has 126 valence electrons. The Morgan fingerprint density at radius 3 is 2.25 bits per heavy atom. The lowest BCUT2D eigenvalue weighted by atomic mass is 10.2. The number of halogens is 2. The molecule has 24 heavy (non-hydrogen) atoms. The molecule has 0 radical (unpaired) electrons. The van der Waals surface area contributed by atoms with Gasteiger partial charge >= 0.3 is 0 Å². The van der Waals surface area contributed by atoms with Crippen LogP contribution in [0.1, 0.15) is 5.56 Å². The number of hydrogen-bond donors (Lipinski definition) is 2. The van der Waals surface area contributed by atoms with Crippen LogP contribution in [-0.2, 0) is 14.3 Å². The van der Waals surface area contributed by atoms with Crippen molar-refractivity contribution in [3.63, 3.8) is 0 Å². The van der Waals surface area contributed by atoms with Crippen molar-refractivity contribution in [1.82, 2.24) is 0 Å². The van der Waals surface area contributed by atoms with E-state index in [1.165, 1.54) is 0 Å². The van der Waals surface area contributed by atoms with E-state index in [2.05, 4.69) is 10.6 Å². The minimum absolute atomic E-state index is 0.232. The molecule has 0 aliphatic rings. The maximum absolute atomic E-state index is 11.8. The molecule has 2 aromatic rings. The summed E-state index contributed by atoms with van der Waals surface area (Å²) in [4.78, 5) is 23.5. The molecule has 0 heterocycles. The number of aryl methyl sites for hydroxylation is 1. The topological polar surface area (TPSA) is 67.4 Å². The molecule has 2 aromatic carbocycles. The lowest BCUT2D eigenvalue weighted by Gasteiger charge is -2.09. The van der Waals surface area contributed by atoms with Crippen LogP contribution in [0.15, 0.2) is 42.5 Å². The number of hydrogen-bond acceptors (Lipinski definition) is 3. The van der Waals surface area contributed by atoms with Crippen molar-refractivity contribution in [2.75, 3.05) is 23.8 Å². The van der Waals surface area contributed by atoms with Gasteiger partial charge in [-0.2, -0.15) is 0 Å². The van der Waals surface area contributed by atoms with Crippen LogP contribution in [0.2, 0.25) is 10.0 Å². The molecule has 0 aliphatic carbocycles. The summed E-state index contributed by atoms with van der Waals surface area (Å²) in [6.07, 6.45) is 0. The fourth-order valence-corrected chi connectivity index (χ4v) is 2.20. The number of carbonyl (C=O) groups excluding carboxylic acids is 2. The van der Waals surface area contributed by atoms with E-state index in [0.29, 0.717) is 16.4 Å². The quantitative estimate of drug-likeness (QED) is 0.814. The number of ether oxygens (including phenoxy) is 1. The highest BCUT2D eigenvalue weighted by Crippen LogP contribution is 2.29. The summed E-state index contributed by atoms with van der Waals surface area (Å²) in [6, 6.07) is 12.3. The first kappa shape index (κ1) is 18.3. The van der Waals surface area contributed by atoms with Crippen molar-refractivity contribution in [2.45, 2.75) is 6.92 Å². The van der Waals surface area contributed by atoms with E-state index in [0.717, 1.165) is 5.56 Å². The minimum Gasteiger partial charge on any atom is -0.362 e. The van der Waals surface area contributed by atoms with Crippen LogP contribution in [0, 0.1) is 6.92 Å². The van der Waals surface area contributed by atoms with Gasteiger partial charge in [0.1, 0.15) is 13.2 Å². The summed E-state index contributed by atoms with van der Waals surface area (Å²) < 4.78 is 5.10. The van der Waals surface area contributed by atoms with Crippen molar-refractivity contribution in [3.05, 3.63) is 58.1 Å². The summed E-state index contributed by atoms with van der Waals surface area (Å²) in [5.41, 5.74) is 2.16. The van der Waals surface area contributed by atoms with E-state index >= 15 is 0 Å². The molecule has 0 aromatic heterocycles. The molecule has 0 fully saturated rings. The first-order valence-corrected chi connectivity index (χ1v) is 7.89. The Balaban J connectivity index is 1.75. The van der Waals surface area contributed by atoms with Crippen LogP contribution < -0.4 is 10.6 Å². The van der Waals surface area contributed by atoms with E-state index in [1.54, 1.807) is 30.3 Å². The summed E-state index contributed by atoms with van der Waals surface area (Å²) in [6.45, 7) is 1.45. The molecule has 0 saturated heterocycles. The van der Waals surface area contributed by atoms with Crippen molar-refractivity contribution in [3.8, 4) is 0 Å². The van der Waals surface area contributed by atoms with Crippen LogP contribution in [0.25, 0.3) is 0 Å². The SMILES string of the molecule is Cc1ccc(NC(=O)COCC(=O)Nc2cccc(Cl)c2Cl)cc1. The molecule has 0 bridgehead atoms. The summed E-state index contributed by atoms with van der Waals surface area (Å²) >= 11 is 11.8. The third-order valence-electron chi connectivity index (χ3n) is 3.03. The molecule has 7 heteroatoms. The zero-order valence-corrected chi connectivity index (χ0v) is 14.4. The van der Waals surface area contributed by atoms with Gasteiger partial charge in [-0.15, -0.1) is 0 Å². The predicted octanol–water partition coefficient (Wildman–Crippen LogP) is 3.90. The molecule has 0 aliphatic heterocycles. The van der Waals surface area contributed by atoms with Crippen LogP contribution in [0.3, 0.4) is 0 Å². The lowest BCUT2D eigenvalue weighted by Crippen LogP contribution is -2.24. The van der Waals surface area contributed by atoms with E-state index in [-0.39, 0.29) is 24.1 Å². The molecule has 0 atom stereocenters. The van der Waals surface area contributed by atoms with Gasteiger partial charge in [-0.3, -0.25) is 9.59 Å². The second-order valence-electron chi connectivity index (χ2n) is 5.06. The summed E-state index contributed by atoms with van der Waals surface area (Å²) in [5.74, 6) is -0.769. The van der Waals surface area contributed by atoms with Gasteiger partial charge in [0, 0.05) is 5.69 Å². The Hall–Kier alpha value is -2.08. The second kappa shape index (κ2) is 8.68. The van der Waals surface area contributed by atoms with E-state index < -0.39 is 5.91 Å². The zero-order chi connectivity index (χ0) is 17.5. The first-order chi connectivity index (χ1) is 11.5. The summed E-state index contributed by atoms with van der Waals surface area (Å²) in [7, 11) is 0. The second-order valence-corrected chi connectivity index (χ2v) is 5.84. The van der Waals surface area contributed by atoms with Gasteiger partial charge in [0.05, 0.1) is 15.7 Å². The van der Waals surface area contributed by atoms with E-state index in [9.17, 15) is 9.59 Å². The largest absolute Gasteiger partial charge is 0.362 e. The third kappa shape index (κ3) is 5.53. The number of anilines is 2. The highest BCUT2D eigenvalue weighted by molar-refractivity contribution is 6.43. The average Bonchev–Trinajstić information content (AvgIpc) is 2.54. The standard InChI is InChI=1S/C17H16Cl2N2O3/c1-11-5-7-12(8-6-11)20-15(22)9-24-10-16(23)21-14-4-2-3-13(18)17(14)19/h2-8H,9-10H2,1H3,(H,20,22)(H,21,23). The number of nitrogens with one attached hydrogen (secondary N) is 2. The van der Waals surface area contributed by atoms with Crippen molar-refractivity contribution in [1.29, 1.82) is 0 Å². The lowest BCUT2D eigenvalue weighted by molar-refractivity contribution is -0.125. The molecular formula is C17H16Cl2N2O3. The monoisotopic (exact) mass is 366 g/mol. The Labute approximate surface area is 149 Å². The number of carbonyl (C=O) groups is 2. The maximum Gasteiger partial charge on any atom is 0.250 e. The first-order valence-electron chi connectivity index (χ1n) is 7.14. The Morgan fingerprint density at radius 1 is 0.958 bits per heavy atom. The normalized spacial score (nSPS) is 10.3. The highest BCUT2D eigenvalue weighted by Gasteiger charge is 2.09. The van der Waals surface area contributed by atoms with Gasteiger partial charge in [0.15, 0.2) is 0 Å². The number of benzene rings is 2. The van der Waals surface area contributed by atoms with Gasteiger partial charge in [-0.25, -0.2) is 0 Å². The Morgan fingerprint density at radius 2 is 1.58 bits per heavy atom. The predicted molar refractivity (Wildman–Crippen MR) is 95.7 cm³/mol. The Kier molecular flexibility index (Phi) is 6.61. The van der Waals surface area contributed by atoms with Crippen molar-refractivity contribution in [2.24, 2.45) is 0 Å². The van der Waals surface area contributed by atoms with E-state index in [1.807, 2.05) is 19.1 Å². The molecular weight excluding hydrogens is 351 g/mol.